The van der Waals surface area contributed by atoms with Crippen molar-refractivity contribution in [1.29, 1.82) is 0 Å². The molecule has 1 aromatic carbocycles. The first-order chi connectivity index (χ1) is 11.2. The summed E-state index contributed by atoms with van der Waals surface area (Å²) in [4.78, 5) is 12.6. The Morgan fingerprint density at radius 2 is 1.65 bits per heavy atom. The molecular formula is C16H17N7. The van der Waals surface area contributed by atoms with Crippen LogP contribution in [0.4, 0.5) is 28.8 Å². The van der Waals surface area contributed by atoms with Gasteiger partial charge in [-0.25, -0.2) is 15.0 Å². The smallest absolute Gasteiger partial charge is 0.173 e. The van der Waals surface area contributed by atoms with Gasteiger partial charge in [0.05, 0.1) is 5.69 Å². The van der Waals surface area contributed by atoms with Crippen molar-refractivity contribution >= 4 is 28.8 Å². The molecule has 0 bridgehead atoms. The van der Waals surface area contributed by atoms with Crippen LogP contribution < -0.4 is 21.9 Å². The summed E-state index contributed by atoms with van der Waals surface area (Å²) in [7, 11) is 0. The van der Waals surface area contributed by atoms with Gasteiger partial charge in [-0.15, -0.1) is 0 Å². The number of nitrogens with two attached hydrogens (primary N) is 1. The van der Waals surface area contributed by atoms with Crippen LogP contribution in [0.25, 0.3) is 0 Å². The summed E-state index contributed by atoms with van der Waals surface area (Å²) in [6.45, 7) is 1.98. The second kappa shape index (κ2) is 6.61. The number of pyridine rings is 1. The summed E-state index contributed by atoms with van der Waals surface area (Å²) >= 11 is 0. The standard InChI is InChI=1S/C16H17N7/c1-11-7-8-13(18-9-11)21-15-14(17)16(20-10-19-15)23-22-12-5-3-2-4-6-12/h2-10,22H,17H2,1H3,(H2,18,19,20,21,23). The molecule has 0 aliphatic heterocycles. The molecule has 3 aromatic rings. The summed E-state index contributed by atoms with van der Waals surface area (Å²) in [5, 5.41) is 3.08. The lowest BCUT2D eigenvalue weighted by Gasteiger charge is -2.13. The molecule has 0 atom stereocenters. The normalized spacial score (nSPS) is 10.1. The topological polar surface area (TPSA) is 101 Å². The van der Waals surface area contributed by atoms with Gasteiger partial charge in [0, 0.05) is 6.20 Å². The van der Waals surface area contributed by atoms with Crippen molar-refractivity contribution in [3.8, 4) is 0 Å². The zero-order valence-electron chi connectivity index (χ0n) is 12.6. The first-order valence-electron chi connectivity index (χ1n) is 7.09. The predicted molar refractivity (Wildman–Crippen MR) is 92.4 cm³/mol. The highest BCUT2D eigenvalue weighted by molar-refractivity contribution is 5.77. The van der Waals surface area contributed by atoms with Gasteiger partial charge in [0.15, 0.2) is 11.6 Å². The minimum absolute atomic E-state index is 0.401. The molecule has 0 saturated heterocycles. The lowest BCUT2D eigenvalue weighted by Crippen LogP contribution is -2.13. The van der Waals surface area contributed by atoms with Crippen LogP contribution in [0.15, 0.2) is 55.0 Å². The van der Waals surface area contributed by atoms with Crippen molar-refractivity contribution in [2.75, 3.05) is 21.9 Å². The van der Waals surface area contributed by atoms with Crippen LogP contribution >= 0.6 is 0 Å². The fourth-order valence-electron chi connectivity index (χ4n) is 1.91. The van der Waals surface area contributed by atoms with Gasteiger partial charge in [0.2, 0.25) is 0 Å². The number of para-hydroxylation sites is 1. The first-order valence-corrected chi connectivity index (χ1v) is 7.09. The van der Waals surface area contributed by atoms with Crippen LogP contribution in [-0.2, 0) is 0 Å². The van der Waals surface area contributed by atoms with Gasteiger partial charge in [-0.2, -0.15) is 0 Å². The van der Waals surface area contributed by atoms with E-state index in [9.17, 15) is 0 Å². The molecule has 5 N–H and O–H groups in total. The van der Waals surface area contributed by atoms with E-state index in [4.69, 9.17) is 5.73 Å². The fourth-order valence-corrected chi connectivity index (χ4v) is 1.91. The van der Waals surface area contributed by atoms with E-state index < -0.39 is 0 Å². The molecule has 0 amide bonds. The molecule has 0 aliphatic rings. The van der Waals surface area contributed by atoms with Crippen LogP contribution in [0.5, 0.6) is 0 Å². The van der Waals surface area contributed by atoms with Crippen molar-refractivity contribution in [3.05, 3.63) is 60.6 Å². The van der Waals surface area contributed by atoms with Gasteiger partial charge in [-0.3, -0.25) is 10.9 Å². The number of anilines is 5. The van der Waals surface area contributed by atoms with Crippen molar-refractivity contribution in [3.63, 3.8) is 0 Å². The van der Waals surface area contributed by atoms with Crippen LogP contribution in [-0.4, -0.2) is 15.0 Å². The largest absolute Gasteiger partial charge is 0.393 e. The molecule has 2 aromatic heterocycles. The molecule has 0 aliphatic carbocycles. The Morgan fingerprint density at radius 1 is 0.870 bits per heavy atom. The van der Waals surface area contributed by atoms with E-state index >= 15 is 0 Å². The number of hydrogen-bond donors (Lipinski definition) is 4. The number of rotatable bonds is 5. The van der Waals surface area contributed by atoms with E-state index in [1.165, 1.54) is 6.33 Å². The molecule has 0 radical (unpaired) electrons. The van der Waals surface area contributed by atoms with E-state index in [0.717, 1.165) is 11.3 Å². The molecule has 0 saturated carbocycles. The summed E-state index contributed by atoms with van der Waals surface area (Å²) < 4.78 is 0. The molecule has 7 nitrogen and oxygen atoms in total. The molecule has 116 valence electrons. The average Bonchev–Trinajstić information content (AvgIpc) is 2.58. The number of benzene rings is 1. The van der Waals surface area contributed by atoms with Crippen LogP contribution in [0.3, 0.4) is 0 Å². The van der Waals surface area contributed by atoms with Crippen LogP contribution in [0, 0.1) is 6.92 Å². The molecular weight excluding hydrogens is 290 g/mol. The maximum absolute atomic E-state index is 6.11. The first kappa shape index (κ1) is 14.6. The Morgan fingerprint density at radius 3 is 2.39 bits per heavy atom. The van der Waals surface area contributed by atoms with Gasteiger partial charge in [-0.1, -0.05) is 24.3 Å². The van der Waals surface area contributed by atoms with E-state index in [1.807, 2.05) is 49.4 Å². The number of hydrazine groups is 1. The molecule has 23 heavy (non-hydrogen) atoms. The molecule has 0 spiro atoms. The number of nitrogens with one attached hydrogen (secondary N) is 3. The van der Waals surface area contributed by atoms with Crippen LogP contribution in [0.1, 0.15) is 5.56 Å². The average molecular weight is 307 g/mol. The third kappa shape index (κ3) is 3.65. The fraction of sp³-hybridized carbons (Fsp3) is 0.0625. The number of aryl methyl sites for hydroxylation is 1. The van der Waals surface area contributed by atoms with Crippen molar-refractivity contribution < 1.29 is 0 Å². The monoisotopic (exact) mass is 307 g/mol. The lowest BCUT2D eigenvalue weighted by atomic mass is 10.3. The Bertz CT molecular complexity index is 772. The summed E-state index contributed by atoms with van der Waals surface area (Å²) in [6, 6.07) is 13.5. The number of nitrogens with zero attached hydrogens (tertiary/aromatic N) is 3. The summed E-state index contributed by atoms with van der Waals surface area (Å²) in [5.41, 5.74) is 14.5. The van der Waals surface area contributed by atoms with Crippen molar-refractivity contribution in [2.24, 2.45) is 0 Å². The van der Waals surface area contributed by atoms with E-state index in [2.05, 4.69) is 31.1 Å². The van der Waals surface area contributed by atoms with E-state index in [1.54, 1.807) is 6.20 Å². The Kier molecular flexibility index (Phi) is 4.19. The van der Waals surface area contributed by atoms with Gasteiger partial charge < -0.3 is 11.1 Å². The van der Waals surface area contributed by atoms with Crippen molar-refractivity contribution in [2.45, 2.75) is 6.92 Å². The molecule has 2 heterocycles. The quantitative estimate of drug-likeness (QED) is 0.538. The molecule has 7 heteroatoms. The van der Waals surface area contributed by atoms with Crippen molar-refractivity contribution in [1.82, 2.24) is 15.0 Å². The van der Waals surface area contributed by atoms with Crippen LogP contribution in [0.2, 0.25) is 0 Å². The van der Waals surface area contributed by atoms with Gasteiger partial charge >= 0.3 is 0 Å². The third-order valence-electron chi connectivity index (χ3n) is 3.14. The SMILES string of the molecule is Cc1ccc(Nc2ncnc(NNc3ccccc3)c2N)nc1. The molecule has 3 rings (SSSR count). The third-order valence-corrected chi connectivity index (χ3v) is 3.14. The molecule has 0 unspecified atom stereocenters. The zero-order valence-corrected chi connectivity index (χ0v) is 12.6. The Labute approximate surface area is 134 Å². The Hall–Kier alpha value is -3.35. The zero-order chi connectivity index (χ0) is 16.1. The highest BCUT2D eigenvalue weighted by Gasteiger charge is 2.08. The minimum atomic E-state index is 0.401. The maximum Gasteiger partial charge on any atom is 0.173 e. The number of nitrogen functional groups attached to an aromatic ring is 1. The number of hydrogen-bond acceptors (Lipinski definition) is 7. The molecule has 0 fully saturated rings. The van der Waals surface area contributed by atoms with E-state index in [0.29, 0.717) is 23.1 Å². The van der Waals surface area contributed by atoms with Gasteiger partial charge in [0.25, 0.3) is 0 Å². The second-order valence-electron chi connectivity index (χ2n) is 4.95. The number of aromatic nitrogens is 3. The Balaban J connectivity index is 1.74. The van der Waals surface area contributed by atoms with Gasteiger partial charge in [0.1, 0.15) is 17.8 Å². The highest BCUT2D eigenvalue weighted by Crippen LogP contribution is 2.25. The second-order valence-corrected chi connectivity index (χ2v) is 4.95. The predicted octanol–water partition coefficient (Wildman–Crippen LogP) is 2.94. The maximum atomic E-state index is 6.11. The summed E-state index contributed by atoms with van der Waals surface area (Å²) in [6.07, 6.45) is 3.21. The lowest BCUT2D eigenvalue weighted by molar-refractivity contribution is 1.15. The van der Waals surface area contributed by atoms with E-state index in [-0.39, 0.29) is 0 Å². The van der Waals surface area contributed by atoms with Gasteiger partial charge in [-0.05, 0) is 30.7 Å². The minimum Gasteiger partial charge on any atom is -0.393 e. The highest BCUT2D eigenvalue weighted by atomic mass is 15.4. The summed E-state index contributed by atoms with van der Waals surface area (Å²) in [5.74, 6) is 1.65.